The second-order valence-corrected chi connectivity index (χ2v) is 40.8. The van der Waals surface area contributed by atoms with E-state index in [1.807, 2.05) is 0 Å². The Morgan fingerprint density at radius 2 is 0.656 bits per heavy atom. The second kappa shape index (κ2) is 28.3. The summed E-state index contributed by atoms with van der Waals surface area (Å²) in [4.78, 5) is 0. The van der Waals surface area contributed by atoms with Crippen molar-refractivity contribution in [2.45, 2.75) is 152 Å². The van der Waals surface area contributed by atoms with E-state index in [0.29, 0.717) is 0 Å². The van der Waals surface area contributed by atoms with Gasteiger partial charge in [0.15, 0.2) is 0 Å². The molecule has 0 aromatic heterocycles. The van der Waals surface area contributed by atoms with Crippen LogP contribution in [0.4, 0.5) is 0 Å². The summed E-state index contributed by atoms with van der Waals surface area (Å²) in [7, 11) is -0.562. The van der Waals surface area contributed by atoms with E-state index in [-0.39, 0.29) is 24.0 Å². The zero-order chi connectivity index (χ0) is 23.8. The Morgan fingerprint density at radius 1 is 0.438 bits per heavy atom. The first-order valence-electron chi connectivity index (χ1n) is 14.5. The van der Waals surface area contributed by atoms with Gasteiger partial charge < -0.3 is 24.0 Å². The third-order valence-corrected chi connectivity index (χ3v) is 33.5. The van der Waals surface area contributed by atoms with Crippen LogP contribution in [0.3, 0.4) is 0 Å². The molecule has 198 valence electrons. The molecule has 0 unspecified atom stereocenters. The Bertz CT molecular complexity index is 293. The summed E-state index contributed by atoms with van der Waals surface area (Å²) < 4.78 is 4.93. The number of rotatable bonds is 21. The summed E-state index contributed by atoms with van der Waals surface area (Å²) in [5.41, 5.74) is 0. The van der Waals surface area contributed by atoms with Gasteiger partial charge in [-0.05, 0) is 25.7 Å². The van der Waals surface area contributed by atoms with Crippen LogP contribution < -0.4 is 24.0 Å². The SMILES string of the molecule is CCCC[P+](CCCC)(CCCC)CCCC.CCC[CH2][Sn]([I])([CH2]CCC)[CH2]CCC.[I-]. The third kappa shape index (κ3) is 23.1. The van der Waals surface area contributed by atoms with Gasteiger partial charge in [-0.25, -0.2) is 0 Å². The molecule has 0 aliphatic carbocycles. The maximum atomic E-state index is 2.95. The zero-order valence-electron chi connectivity index (χ0n) is 23.6. The molecule has 0 aliphatic rings. The van der Waals surface area contributed by atoms with Crippen molar-refractivity contribution >= 4 is 40.3 Å². The molecular weight excluding hydrogens is 740 g/mol. The van der Waals surface area contributed by atoms with Gasteiger partial charge in [0.1, 0.15) is 0 Å². The summed E-state index contributed by atoms with van der Waals surface area (Å²) in [6.07, 6.45) is 26.7. The van der Waals surface area contributed by atoms with Crippen molar-refractivity contribution in [1.82, 2.24) is 0 Å². The molecule has 0 N–H and O–H groups in total. The predicted molar refractivity (Wildman–Crippen MR) is 165 cm³/mol. The van der Waals surface area contributed by atoms with Gasteiger partial charge in [-0.1, -0.05) is 53.4 Å². The molecule has 0 fully saturated rings. The maximum absolute atomic E-state index is 2.95. The van der Waals surface area contributed by atoms with Gasteiger partial charge in [-0.2, -0.15) is 0 Å². The van der Waals surface area contributed by atoms with Gasteiger partial charge in [-0.3, -0.25) is 0 Å². The fourth-order valence-corrected chi connectivity index (χ4v) is 28.1. The van der Waals surface area contributed by atoms with Crippen LogP contribution >= 0.6 is 25.9 Å². The molecule has 0 aromatic carbocycles. The number of unbranched alkanes of at least 4 members (excludes halogenated alkanes) is 7. The van der Waals surface area contributed by atoms with Crippen molar-refractivity contribution in [3.05, 3.63) is 0 Å². The van der Waals surface area contributed by atoms with E-state index in [9.17, 15) is 0 Å². The van der Waals surface area contributed by atoms with Crippen LogP contribution in [-0.4, -0.2) is 39.1 Å². The Morgan fingerprint density at radius 3 is 0.844 bits per heavy atom. The van der Waals surface area contributed by atoms with Crippen LogP contribution in [0.1, 0.15) is 138 Å². The molecule has 0 bridgehead atoms. The summed E-state index contributed by atoms with van der Waals surface area (Å²) in [5.74, 6) is 0. The van der Waals surface area contributed by atoms with E-state index in [0.717, 1.165) is 0 Å². The number of halogens is 2. The maximum Gasteiger partial charge on any atom is -1.00 e. The molecule has 4 heteroatoms. The first kappa shape index (κ1) is 39.2. The van der Waals surface area contributed by atoms with Gasteiger partial charge in [0.2, 0.25) is 0 Å². The minimum Gasteiger partial charge on any atom is -1.00 e. The van der Waals surface area contributed by atoms with Crippen LogP contribution in [0.25, 0.3) is 0 Å². The second-order valence-electron chi connectivity index (χ2n) is 10.1. The van der Waals surface area contributed by atoms with Gasteiger partial charge in [-0.15, -0.1) is 0 Å². The van der Waals surface area contributed by atoms with E-state index < -0.39 is 21.7 Å². The van der Waals surface area contributed by atoms with E-state index in [2.05, 4.69) is 67.1 Å². The van der Waals surface area contributed by atoms with Crippen LogP contribution in [-0.2, 0) is 0 Å². The van der Waals surface area contributed by atoms with Crippen molar-refractivity contribution in [1.29, 1.82) is 0 Å². The molecular formula is C28H63I2PSn. The van der Waals surface area contributed by atoms with Gasteiger partial charge in [0.05, 0.1) is 24.6 Å². The van der Waals surface area contributed by atoms with Gasteiger partial charge >= 0.3 is 106 Å². The van der Waals surface area contributed by atoms with E-state index in [1.165, 1.54) is 89.9 Å². The van der Waals surface area contributed by atoms with Crippen molar-refractivity contribution < 1.29 is 24.0 Å². The largest absolute Gasteiger partial charge is 1.00 e. The average Bonchev–Trinajstić information content (AvgIpc) is 2.79. The molecule has 0 amide bonds. The molecule has 0 aromatic rings. The summed E-state index contributed by atoms with van der Waals surface area (Å²) in [5, 5.41) is 0. The fraction of sp³-hybridized carbons (Fsp3) is 1.00. The van der Waals surface area contributed by atoms with Crippen LogP contribution in [0.2, 0.25) is 13.3 Å². The summed E-state index contributed by atoms with van der Waals surface area (Å²) in [6, 6.07) is 0. The monoisotopic (exact) mass is 804 g/mol. The Kier molecular flexibility index (Phi) is 34.6. The van der Waals surface area contributed by atoms with Gasteiger partial charge in [0.25, 0.3) is 0 Å². The molecule has 0 aliphatic heterocycles. The zero-order valence-corrected chi connectivity index (χ0v) is 31.6. The van der Waals surface area contributed by atoms with Crippen LogP contribution in [0.15, 0.2) is 0 Å². The summed E-state index contributed by atoms with van der Waals surface area (Å²) in [6.45, 7) is 16.4. The van der Waals surface area contributed by atoms with E-state index >= 15 is 0 Å². The third-order valence-electron chi connectivity index (χ3n) is 6.88. The molecule has 0 radical (unpaired) electrons. The van der Waals surface area contributed by atoms with Crippen LogP contribution in [0.5, 0.6) is 0 Å². The normalized spacial score (nSPS) is 11.6. The fourth-order valence-electron chi connectivity index (χ4n) is 4.50. The van der Waals surface area contributed by atoms with E-state index in [4.69, 9.17) is 0 Å². The molecule has 0 atom stereocenters. The van der Waals surface area contributed by atoms with Crippen molar-refractivity contribution in [3.63, 3.8) is 0 Å². The van der Waals surface area contributed by atoms with Crippen molar-refractivity contribution in [2.75, 3.05) is 24.6 Å². The number of hydrogen-bond donors (Lipinski definition) is 0. The van der Waals surface area contributed by atoms with Crippen LogP contribution in [0, 0.1) is 0 Å². The van der Waals surface area contributed by atoms with Crippen molar-refractivity contribution in [2.24, 2.45) is 0 Å². The molecule has 0 saturated carbocycles. The molecule has 0 heterocycles. The minimum atomic E-state index is -1.59. The first-order valence-corrected chi connectivity index (χ1v) is 31.4. The Labute approximate surface area is 238 Å². The minimum absolute atomic E-state index is 0. The number of hydrogen-bond acceptors (Lipinski definition) is 0. The van der Waals surface area contributed by atoms with E-state index in [1.54, 1.807) is 38.0 Å². The molecule has 32 heavy (non-hydrogen) atoms. The quantitative estimate of drug-likeness (QED) is 0.0618. The standard InChI is InChI=1S/C16H36P.3C4H9.2HI.Sn/c1-5-9-13-17(14-10-6-2,15-11-7-3)16-12-8-4;3*1-3-4-2;;;/h5-16H2,1-4H3;3*1,3-4H2,2H3;2*1H;/q+1;;;;;;+1/p-2. The molecule has 0 spiro atoms. The molecule has 0 rings (SSSR count). The average molecular weight is 803 g/mol. The topological polar surface area (TPSA) is 0 Å². The molecule has 0 nitrogen and oxygen atoms in total. The molecule has 0 saturated heterocycles. The first-order chi connectivity index (χ1) is 14.9. The Balaban J connectivity index is -0.000000519. The van der Waals surface area contributed by atoms with Crippen molar-refractivity contribution in [3.8, 4) is 0 Å². The Hall–Kier alpha value is 2.69. The predicted octanol–water partition coefficient (Wildman–Crippen LogP) is 8.98. The van der Waals surface area contributed by atoms with Gasteiger partial charge in [0, 0.05) is 7.26 Å². The summed E-state index contributed by atoms with van der Waals surface area (Å²) >= 11 is 1.36. The smallest absolute Gasteiger partial charge is 1.00 e.